The molecule has 0 fully saturated rings. The summed E-state index contributed by atoms with van der Waals surface area (Å²) in [6.45, 7) is 2.68. The topological polar surface area (TPSA) is 38.9 Å². The number of aromatic nitrogens is 1. The van der Waals surface area contributed by atoms with Crippen molar-refractivity contribution in [3.8, 4) is 11.8 Å². The minimum absolute atomic E-state index is 0.712. The molecule has 1 aromatic rings. The van der Waals surface area contributed by atoms with Crippen molar-refractivity contribution in [3.05, 3.63) is 29.6 Å². The summed E-state index contributed by atoms with van der Waals surface area (Å²) in [5, 5.41) is 0. The van der Waals surface area contributed by atoms with E-state index in [4.69, 9.17) is 5.73 Å². The van der Waals surface area contributed by atoms with Gasteiger partial charge in [0, 0.05) is 23.9 Å². The molecule has 0 spiro atoms. The van der Waals surface area contributed by atoms with Crippen LogP contribution in [0.15, 0.2) is 18.3 Å². The predicted molar refractivity (Wildman–Crippen MR) is 54.1 cm³/mol. The Bertz CT molecular complexity index is 320. The maximum absolute atomic E-state index is 5.35. The first-order valence-corrected chi connectivity index (χ1v) is 4.44. The van der Waals surface area contributed by atoms with E-state index in [1.807, 2.05) is 19.1 Å². The SMILES string of the molecule is Cc1cc(C#CCCCN)ccn1. The molecule has 0 bridgehead atoms. The Kier molecular flexibility index (Phi) is 4.01. The van der Waals surface area contributed by atoms with E-state index in [0.29, 0.717) is 6.54 Å². The average molecular weight is 174 g/mol. The molecule has 0 unspecified atom stereocenters. The van der Waals surface area contributed by atoms with Crippen LogP contribution in [0.3, 0.4) is 0 Å². The van der Waals surface area contributed by atoms with Crippen LogP contribution in [0.5, 0.6) is 0 Å². The standard InChI is InChI=1S/C11H14N2/c1-10-9-11(6-8-13-10)5-3-2-4-7-12/h6,8-9H,2,4,7,12H2,1H3. The van der Waals surface area contributed by atoms with E-state index < -0.39 is 0 Å². The summed E-state index contributed by atoms with van der Waals surface area (Å²) in [5.74, 6) is 6.15. The second-order valence-electron chi connectivity index (χ2n) is 2.88. The van der Waals surface area contributed by atoms with Crippen molar-refractivity contribution in [2.75, 3.05) is 6.54 Å². The number of rotatable bonds is 2. The van der Waals surface area contributed by atoms with Gasteiger partial charge in [0.15, 0.2) is 0 Å². The molecule has 0 aliphatic heterocycles. The van der Waals surface area contributed by atoms with Gasteiger partial charge in [0.1, 0.15) is 0 Å². The van der Waals surface area contributed by atoms with Crippen molar-refractivity contribution in [2.45, 2.75) is 19.8 Å². The van der Waals surface area contributed by atoms with E-state index in [1.54, 1.807) is 6.20 Å². The monoisotopic (exact) mass is 174 g/mol. The summed E-state index contributed by atoms with van der Waals surface area (Å²) < 4.78 is 0. The predicted octanol–water partition coefficient (Wildman–Crippen LogP) is 1.48. The Balaban J connectivity index is 2.56. The van der Waals surface area contributed by atoms with E-state index >= 15 is 0 Å². The van der Waals surface area contributed by atoms with Gasteiger partial charge in [0.2, 0.25) is 0 Å². The van der Waals surface area contributed by atoms with Crippen molar-refractivity contribution in [1.29, 1.82) is 0 Å². The van der Waals surface area contributed by atoms with Crippen LogP contribution in [0.1, 0.15) is 24.1 Å². The number of hydrogen-bond acceptors (Lipinski definition) is 2. The van der Waals surface area contributed by atoms with Gasteiger partial charge >= 0.3 is 0 Å². The Morgan fingerprint density at radius 3 is 3.08 bits per heavy atom. The molecule has 2 nitrogen and oxygen atoms in total. The Hall–Kier alpha value is -1.33. The van der Waals surface area contributed by atoms with Gasteiger partial charge in [-0.25, -0.2) is 0 Å². The van der Waals surface area contributed by atoms with Crippen LogP contribution >= 0.6 is 0 Å². The molecule has 1 aromatic heterocycles. The normalized spacial score (nSPS) is 9.08. The van der Waals surface area contributed by atoms with E-state index in [0.717, 1.165) is 24.1 Å². The van der Waals surface area contributed by atoms with Gasteiger partial charge in [-0.1, -0.05) is 11.8 Å². The van der Waals surface area contributed by atoms with Gasteiger partial charge in [0.25, 0.3) is 0 Å². The Morgan fingerprint density at radius 2 is 2.38 bits per heavy atom. The molecule has 0 saturated carbocycles. The fourth-order valence-corrected chi connectivity index (χ4v) is 0.978. The van der Waals surface area contributed by atoms with E-state index in [9.17, 15) is 0 Å². The lowest BCUT2D eigenvalue weighted by Crippen LogP contribution is -1.96. The quantitative estimate of drug-likeness (QED) is 0.545. The molecule has 13 heavy (non-hydrogen) atoms. The molecular weight excluding hydrogens is 160 g/mol. The van der Waals surface area contributed by atoms with Crippen molar-refractivity contribution in [2.24, 2.45) is 5.73 Å². The molecular formula is C11H14N2. The molecule has 0 aliphatic carbocycles. The summed E-state index contributed by atoms with van der Waals surface area (Å²) >= 11 is 0. The molecule has 0 amide bonds. The highest BCUT2D eigenvalue weighted by molar-refractivity contribution is 5.33. The summed E-state index contributed by atoms with van der Waals surface area (Å²) in [4.78, 5) is 4.10. The maximum atomic E-state index is 5.35. The fourth-order valence-electron chi connectivity index (χ4n) is 0.978. The zero-order chi connectivity index (χ0) is 9.52. The second-order valence-corrected chi connectivity index (χ2v) is 2.88. The van der Waals surface area contributed by atoms with E-state index in [-0.39, 0.29) is 0 Å². The van der Waals surface area contributed by atoms with Crippen LogP contribution in [0.2, 0.25) is 0 Å². The molecule has 0 aromatic carbocycles. The third-order valence-electron chi connectivity index (χ3n) is 1.64. The zero-order valence-corrected chi connectivity index (χ0v) is 7.88. The van der Waals surface area contributed by atoms with Crippen molar-refractivity contribution in [1.82, 2.24) is 4.98 Å². The Labute approximate surface area is 79.2 Å². The first kappa shape index (κ1) is 9.76. The lowest BCUT2D eigenvalue weighted by Gasteiger charge is -1.91. The fraction of sp³-hybridized carbons (Fsp3) is 0.364. The Morgan fingerprint density at radius 1 is 1.54 bits per heavy atom. The lowest BCUT2D eigenvalue weighted by molar-refractivity contribution is 0.870. The molecule has 0 radical (unpaired) electrons. The average Bonchev–Trinajstić information content (AvgIpc) is 2.13. The molecule has 1 heterocycles. The van der Waals surface area contributed by atoms with Gasteiger partial charge < -0.3 is 5.73 Å². The van der Waals surface area contributed by atoms with Gasteiger partial charge in [-0.3, -0.25) is 4.98 Å². The minimum atomic E-state index is 0.712. The van der Waals surface area contributed by atoms with Crippen LogP contribution in [-0.2, 0) is 0 Å². The van der Waals surface area contributed by atoms with Crippen LogP contribution in [0.25, 0.3) is 0 Å². The third kappa shape index (κ3) is 3.73. The number of aryl methyl sites for hydroxylation is 1. The molecule has 0 saturated heterocycles. The third-order valence-corrected chi connectivity index (χ3v) is 1.64. The molecule has 0 aliphatic rings. The number of nitrogens with zero attached hydrogens (tertiary/aromatic N) is 1. The van der Waals surface area contributed by atoms with Crippen LogP contribution in [0, 0.1) is 18.8 Å². The number of pyridine rings is 1. The van der Waals surface area contributed by atoms with Crippen molar-refractivity contribution >= 4 is 0 Å². The minimum Gasteiger partial charge on any atom is -0.330 e. The first-order valence-electron chi connectivity index (χ1n) is 4.44. The molecule has 68 valence electrons. The lowest BCUT2D eigenvalue weighted by atomic mass is 10.2. The summed E-state index contributed by atoms with van der Waals surface area (Å²) in [5.41, 5.74) is 7.39. The number of hydrogen-bond donors (Lipinski definition) is 1. The van der Waals surface area contributed by atoms with Crippen molar-refractivity contribution in [3.63, 3.8) is 0 Å². The summed E-state index contributed by atoms with van der Waals surface area (Å²) in [7, 11) is 0. The van der Waals surface area contributed by atoms with Crippen LogP contribution in [-0.4, -0.2) is 11.5 Å². The summed E-state index contributed by atoms with van der Waals surface area (Å²) in [6.07, 6.45) is 3.62. The van der Waals surface area contributed by atoms with E-state index in [1.165, 1.54) is 0 Å². The summed E-state index contributed by atoms with van der Waals surface area (Å²) in [6, 6.07) is 3.90. The van der Waals surface area contributed by atoms with Crippen LogP contribution < -0.4 is 5.73 Å². The molecule has 1 rings (SSSR count). The molecule has 0 atom stereocenters. The smallest absolute Gasteiger partial charge is 0.0385 e. The molecule has 2 heteroatoms. The number of nitrogens with two attached hydrogens (primary N) is 1. The zero-order valence-electron chi connectivity index (χ0n) is 7.88. The molecule has 2 N–H and O–H groups in total. The van der Waals surface area contributed by atoms with Gasteiger partial charge in [0.05, 0.1) is 0 Å². The van der Waals surface area contributed by atoms with E-state index in [2.05, 4.69) is 16.8 Å². The number of unbranched alkanes of at least 4 members (excludes halogenated alkanes) is 1. The van der Waals surface area contributed by atoms with Crippen LogP contribution in [0.4, 0.5) is 0 Å². The largest absolute Gasteiger partial charge is 0.330 e. The maximum Gasteiger partial charge on any atom is 0.0385 e. The van der Waals surface area contributed by atoms with Gasteiger partial charge in [-0.2, -0.15) is 0 Å². The highest BCUT2D eigenvalue weighted by Crippen LogP contribution is 1.98. The highest BCUT2D eigenvalue weighted by Gasteiger charge is 1.87. The highest BCUT2D eigenvalue weighted by atomic mass is 14.6. The second kappa shape index (κ2) is 5.34. The van der Waals surface area contributed by atoms with Gasteiger partial charge in [-0.15, -0.1) is 0 Å². The first-order chi connectivity index (χ1) is 6.33. The van der Waals surface area contributed by atoms with Gasteiger partial charge in [-0.05, 0) is 32.0 Å². The van der Waals surface area contributed by atoms with Crippen molar-refractivity contribution < 1.29 is 0 Å².